The molecule has 0 fully saturated rings. The molecule has 1 N–H and O–H groups in total. The maximum absolute atomic E-state index is 11.8. The Labute approximate surface area is 117 Å². The average molecular weight is 303 g/mol. The van der Waals surface area contributed by atoms with E-state index in [1.54, 1.807) is 11.9 Å². The maximum Gasteiger partial charge on any atom is 0.304 e. The minimum atomic E-state index is -0.819. The fourth-order valence-corrected chi connectivity index (χ4v) is 4.36. The van der Waals surface area contributed by atoms with Crippen LogP contribution in [-0.4, -0.2) is 29.1 Å². The van der Waals surface area contributed by atoms with Gasteiger partial charge in [0.25, 0.3) is 5.24 Å². The number of hydrogen-bond donors (Lipinski definition) is 1. The van der Waals surface area contributed by atoms with E-state index < -0.39 is 5.97 Å². The van der Waals surface area contributed by atoms with Crippen molar-refractivity contribution in [3.8, 4) is 0 Å². The van der Waals surface area contributed by atoms with Gasteiger partial charge in [-0.05, 0) is 22.0 Å². The van der Waals surface area contributed by atoms with Gasteiger partial charge in [0.05, 0.1) is 6.42 Å². The van der Waals surface area contributed by atoms with Crippen LogP contribution in [0.4, 0.5) is 10.5 Å². The molecule has 1 aromatic carbocycles. The van der Waals surface area contributed by atoms with Gasteiger partial charge in [0.2, 0.25) is 0 Å². The number of rotatable bonds is 6. The highest BCUT2D eigenvalue weighted by molar-refractivity contribution is 9.12. The summed E-state index contributed by atoms with van der Waals surface area (Å²) in [5.74, 6) is -0.323. The predicted molar refractivity (Wildman–Crippen MR) is 80.1 cm³/mol. The number of benzene rings is 1. The molecule has 18 heavy (non-hydrogen) atoms. The third kappa shape index (κ3) is 5.70. The van der Waals surface area contributed by atoms with E-state index in [0.29, 0.717) is 5.75 Å². The maximum atomic E-state index is 11.8. The van der Waals surface area contributed by atoms with Crippen molar-refractivity contribution in [2.45, 2.75) is 6.42 Å². The van der Waals surface area contributed by atoms with Crippen LogP contribution in [0.1, 0.15) is 6.42 Å². The Balaban J connectivity index is 2.26. The SMILES string of the molecule is CN(C(=O)SSSCCC(=O)O)c1ccccc1. The summed E-state index contributed by atoms with van der Waals surface area (Å²) in [6, 6.07) is 9.37. The molecule has 1 aromatic rings. The van der Waals surface area contributed by atoms with Crippen LogP contribution >= 0.6 is 31.4 Å². The van der Waals surface area contributed by atoms with Gasteiger partial charge < -0.3 is 10.0 Å². The number of anilines is 1. The van der Waals surface area contributed by atoms with Gasteiger partial charge >= 0.3 is 5.97 Å². The number of nitrogens with zero attached hydrogens (tertiary/aromatic N) is 1. The zero-order valence-corrected chi connectivity index (χ0v) is 12.2. The number of carbonyl (C=O) groups is 2. The quantitative estimate of drug-likeness (QED) is 0.638. The molecule has 0 bridgehead atoms. The van der Waals surface area contributed by atoms with Gasteiger partial charge in [0, 0.05) is 29.3 Å². The van der Waals surface area contributed by atoms with Crippen LogP contribution in [-0.2, 0) is 4.79 Å². The standard InChI is InChI=1S/C11H13NO3S3/c1-12(9-5-3-2-4-6-9)11(15)17-18-16-8-7-10(13)14/h2-6H,7-8H2,1H3,(H,13,14). The molecule has 0 saturated carbocycles. The third-order valence-corrected chi connectivity index (χ3v) is 5.82. The first kappa shape index (κ1) is 15.3. The molecule has 0 unspecified atom stereocenters. The summed E-state index contributed by atoms with van der Waals surface area (Å²) in [5, 5.41) is 8.38. The number of hydrogen-bond acceptors (Lipinski definition) is 5. The monoisotopic (exact) mass is 303 g/mol. The number of carboxylic acid groups (broad SMARTS) is 1. The van der Waals surface area contributed by atoms with Crippen molar-refractivity contribution in [2.24, 2.45) is 0 Å². The van der Waals surface area contributed by atoms with Crippen molar-refractivity contribution in [3.05, 3.63) is 30.3 Å². The summed E-state index contributed by atoms with van der Waals surface area (Å²) in [6.45, 7) is 0. The summed E-state index contributed by atoms with van der Waals surface area (Å²) >= 11 is 0. The smallest absolute Gasteiger partial charge is 0.304 e. The molecular formula is C11H13NO3S3. The van der Waals surface area contributed by atoms with E-state index in [-0.39, 0.29) is 11.7 Å². The minimum absolute atomic E-state index is 0.0750. The van der Waals surface area contributed by atoms with Gasteiger partial charge in [0.15, 0.2) is 0 Å². The largest absolute Gasteiger partial charge is 0.481 e. The van der Waals surface area contributed by atoms with E-state index >= 15 is 0 Å². The Morgan fingerprint density at radius 1 is 1.28 bits per heavy atom. The van der Waals surface area contributed by atoms with E-state index in [0.717, 1.165) is 16.5 Å². The van der Waals surface area contributed by atoms with E-state index in [9.17, 15) is 9.59 Å². The summed E-state index contributed by atoms with van der Waals surface area (Å²) in [7, 11) is 5.50. The zero-order chi connectivity index (χ0) is 13.4. The first-order chi connectivity index (χ1) is 8.61. The lowest BCUT2D eigenvalue weighted by Crippen LogP contribution is -2.20. The fourth-order valence-electron chi connectivity index (χ4n) is 1.03. The van der Waals surface area contributed by atoms with Crippen LogP contribution in [0.2, 0.25) is 0 Å². The third-order valence-electron chi connectivity index (χ3n) is 1.97. The van der Waals surface area contributed by atoms with Crippen LogP contribution in [0.3, 0.4) is 0 Å². The molecule has 98 valence electrons. The second kappa shape index (κ2) is 8.34. The number of carbonyl (C=O) groups excluding carboxylic acids is 1. The number of para-hydroxylation sites is 1. The summed E-state index contributed by atoms with van der Waals surface area (Å²) in [6.07, 6.45) is 0.112. The molecule has 0 aliphatic carbocycles. The Kier molecular flexibility index (Phi) is 7.07. The second-order valence-electron chi connectivity index (χ2n) is 3.28. The van der Waals surface area contributed by atoms with Crippen LogP contribution in [0.5, 0.6) is 0 Å². The molecular weight excluding hydrogens is 290 g/mol. The first-order valence-electron chi connectivity index (χ1n) is 5.12. The van der Waals surface area contributed by atoms with Gasteiger partial charge in [-0.25, -0.2) is 0 Å². The van der Waals surface area contributed by atoms with Crippen LogP contribution < -0.4 is 4.90 Å². The van der Waals surface area contributed by atoms with Gasteiger partial charge in [0.1, 0.15) is 0 Å². The van der Waals surface area contributed by atoms with Gasteiger partial charge in [-0.1, -0.05) is 29.0 Å². The van der Waals surface area contributed by atoms with Crippen molar-refractivity contribution in [1.82, 2.24) is 0 Å². The van der Waals surface area contributed by atoms with E-state index in [2.05, 4.69) is 0 Å². The summed E-state index contributed by atoms with van der Waals surface area (Å²) in [4.78, 5) is 23.6. The number of aliphatic carboxylic acids is 1. The van der Waals surface area contributed by atoms with Crippen molar-refractivity contribution in [1.29, 1.82) is 0 Å². The predicted octanol–water partition coefficient (Wildman–Crippen LogP) is 3.75. The van der Waals surface area contributed by atoms with Crippen molar-refractivity contribution >= 4 is 48.3 Å². The molecule has 0 aliphatic heterocycles. The molecule has 0 aliphatic rings. The highest BCUT2D eigenvalue weighted by atomic mass is 33.5. The molecule has 0 heterocycles. The van der Waals surface area contributed by atoms with Crippen molar-refractivity contribution in [2.75, 3.05) is 17.7 Å². The Morgan fingerprint density at radius 2 is 1.94 bits per heavy atom. The van der Waals surface area contributed by atoms with E-state index in [1.807, 2.05) is 30.3 Å². The van der Waals surface area contributed by atoms with Gasteiger partial charge in [-0.3, -0.25) is 9.59 Å². The molecule has 0 saturated heterocycles. The van der Waals surface area contributed by atoms with Crippen LogP contribution in [0.15, 0.2) is 30.3 Å². The molecule has 1 rings (SSSR count). The molecule has 0 spiro atoms. The average Bonchev–Trinajstić information content (AvgIpc) is 2.38. The molecule has 1 amide bonds. The number of carboxylic acids is 1. The van der Waals surface area contributed by atoms with Crippen LogP contribution in [0, 0.1) is 0 Å². The normalized spacial score (nSPS) is 10.1. The Hall–Kier alpha value is -0.790. The van der Waals surface area contributed by atoms with Gasteiger partial charge in [-0.2, -0.15) is 0 Å². The highest BCUT2D eigenvalue weighted by Gasteiger charge is 2.11. The zero-order valence-electron chi connectivity index (χ0n) is 9.74. The Morgan fingerprint density at radius 3 is 2.56 bits per heavy atom. The summed E-state index contributed by atoms with van der Waals surface area (Å²) in [5.41, 5.74) is 0.839. The topological polar surface area (TPSA) is 57.6 Å². The van der Waals surface area contributed by atoms with Crippen LogP contribution in [0.25, 0.3) is 0 Å². The Bertz CT molecular complexity index is 400. The van der Waals surface area contributed by atoms with Gasteiger partial charge in [-0.15, -0.1) is 0 Å². The van der Waals surface area contributed by atoms with Crippen molar-refractivity contribution < 1.29 is 14.7 Å². The lowest BCUT2D eigenvalue weighted by molar-refractivity contribution is -0.136. The molecule has 0 radical (unpaired) electrons. The summed E-state index contributed by atoms with van der Waals surface area (Å²) < 4.78 is 0. The molecule has 4 nitrogen and oxygen atoms in total. The molecule has 7 heteroatoms. The van der Waals surface area contributed by atoms with E-state index in [1.165, 1.54) is 20.6 Å². The second-order valence-corrected chi connectivity index (χ2v) is 7.41. The minimum Gasteiger partial charge on any atom is -0.481 e. The molecule has 0 aromatic heterocycles. The van der Waals surface area contributed by atoms with Crippen molar-refractivity contribution in [3.63, 3.8) is 0 Å². The number of amides is 1. The highest BCUT2D eigenvalue weighted by Crippen LogP contribution is 2.37. The van der Waals surface area contributed by atoms with E-state index in [4.69, 9.17) is 5.11 Å². The fraction of sp³-hybridized carbons (Fsp3) is 0.273. The first-order valence-corrected chi connectivity index (χ1v) is 8.77. The lowest BCUT2D eigenvalue weighted by atomic mass is 10.3. The lowest BCUT2D eigenvalue weighted by Gasteiger charge is -2.15. The molecule has 0 atom stereocenters.